The number of alkyl halides is 3. The standard InChI is InChI=1S/C13H16F3O/c1-4-8-17-11-7-5-6-10(9(2)3)12(11)13(14,15)16/h5-7,9H,2,4,8H2,1,3H3. The van der Waals surface area contributed by atoms with Crippen molar-refractivity contribution in [3.05, 3.63) is 36.2 Å². The van der Waals surface area contributed by atoms with Gasteiger partial charge in [0.25, 0.3) is 0 Å². The van der Waals surface area contributed by atoms with Crippen LogP contribution in [-0.4, -0.2) is 6.61 Å². The van der Waals surface area contributed by atoms with Crippen molar-refractivity contribution >= 4 is 0 Å². The molecule has 0 aliphatic rings. The number of hydrogen-bond donors (Lipinski definition) is 0. The van der Waals surface area contributed by atoms with Crippen molar-refractivity contribution < 1.29 is 17.9 Å². The summed E-state index contributed by atoms with van der Waals surface area (Å²) < 4.78 is 44.1. The largest absolute Gasteiger partial charge is 0.493 e. The fourth-order valence-electron chi connectivity index (χ4n) is 1.59. The van der Waals surface area contributed by atoms with Crippen LogP contribution in [0, 0.1) is 6.92 Å². The summed E-state index contributed by atoms with van der Waals surface area (Å²) in [7, 11) is 0. The maximum Gasteiger partial charge on any atom is 0.420 e. The Morgan fingerprint density at radius 2 is 2.00 bits per heavy atom. The van der Waals surface area contributed by atoms with Gasteiger partial charge >= 0.3 is 6.18 Å². The van der Waals surface area contributed by atoms with Gasteiger partial charge in [-0.15, -0.1) is 0 Å². The van der Waals surface area contributed by atoms with E-state index in [4.69, 9.17) is 4.74 Å². The molecule has 1 unspecified atom stereocenters. The Balaban J connectivity index is 3.25. The Bertz CT molecular complexity index is 369. The summed E-state index contributed by atoms with van der Waals surface area (Å²) >= 11 is 0. The van der Waals surface area contributed by atoms with Crippen LogP contribution in [0.2, 0.25) is 0 Å². The summed E-state index contributed by atoms with van der Waals surface area (Å²) in [6, 6.07) is 4.36. The molecule has 0 spiro atoms. The molecule has 0 aromatic heterocycles. The molecule has 0 aliphatic carbocycles. The van der Waals surface area contributed by atoms with E-state index in [2.05, 4.69) is 6.92 Å². The highest BCUT2D eigenvalue weighted by Gasteiger charge is 2.37. The van der Waals surface area contributed by atoms with Gasteiger partial charge in [0.2, 0.25) is 0 Å². The van der Waals surface area contributed by atoms with Gasteiger partial charge in [-0.3, -0.25) is 0 Å². The van der Waals surface area contributed by atoms with Crippen LogP contribution in [-0.2, 0) is 6.18 Å². The van der Waals surface area contributed by atoms with E-state index in [1.165, 1.54) is 12.1 Å². The minimum atomic E-state index is -4.41. The van der Waals surface area contributed by atoms with Crippen LogP contribution >= 0.6 is 0 Å². The predicted octanol–water partition coefficient (Wildman–Crippen LogP) is 4.43. The normalized spacial score (nSPS) is 11.9. The van der Waals surface area contributed by atoms with Gasteiger partial charge in [-0.05, 0) is 30.9 Å². The number of ether oxygens (including phenoxy) is 1. The lowest BCUT2D eigenvalue weighted by molar-refractivity contribution is -0.139. The van der Waals surface area contributed by atoms with Crippen LogP contribution in [0.1, 0.15) is 37.3 Å². The third kappa shape index (κ3) is 3.38. The molecular formula is C13H16F3O. The Hall–Kier alpha value is -1.19. The Morgan fingerprint density at radius 3 is 2.47 bits per heavy atom. The summed E-state index contributed by atoms with van der Waals surface area (Å²) in [5.74, 6) is -0.538. The second-order valence-electron chi connectivity index (χ2n) is 3.97. The fourth-order valence-corrected chi connectivity index (χ4v) is 1.59. The fraction of sp³-hybridized carbons (Fsp3) is 0.462. The third-order valence-electron chi connectivity index (χ3n) is 2.33. The molecule has 0 fully saturated rings. The molecule has 1 nitrogen and oxygen atoms in total. The zero-order valence-electron chi connectivity index (χ0n) is 9.97. The molecule has 1 aromatic carbocycles. The van der Waals surface area contributed by atoms with E-state index in [9.17, 15) is 13.2 Å². The number of benzene rings is 1. The van der Waals surface area contributed by atoms with Crippen LogP contribution in [0.4, 0.5) is 13.2 Å². The van der Waals surface area contributed by atoms with Gasteiger partial charge in [0, 0.05) is 0 Å². The van der Waals surface area contributed by atoms with Crippen molar-refractivity contribution in [2.24, 2.45) is 0 Å². The third-order valence-corrected chi connectivity index (χ3v) is 2.33. The Labute approximate surface area is 99.6 Å². The van der Waals surface area contributed by atoms with Crippen molar-refractivity contribution in [3.63, 3.8) is 0 Å². The number of rotatable bonds is 4. The quantitative estimate of drug-likeness (QED) is 0.762. The highest BCUT2D eigenvalue weighted by molar-refractivity contribution is 5.44. The number of hydrogen-bond acceptors (Lipinski definition) is 1. The molecule has 0 heterocycles. The topological polar surface area (TPSA) is 9.23 Å². The van der Waals surface area contributed by atoms with Crippen molar-refractivity contribution in [2.45, 2.75) is 32.4 Å². The van der Waals surface area contributed by atoms with Crippen LogP contribution < -0.4 is 4.74 Å². The van der Waals surface area contributed by atoms with Crippen LogP contribution in [0.5, 0.6) is 5.75 Å². The lowest BCUT2D eigenvalue weighted by Crippen LogP contribution is -2.13. The first-order valence-corrected chi connectivity index (χ1v) is 5.54. The smallest absolute Gasteiger partial charge is 0.420 e. The second-order valence-corrected chi connectivity index (χ2v) is 3.97. The number of halogens is 3. The van der Waals surface area contributed by atoms with Gasteiger partial charge < -0.3 is 4.74 Å². The average molecular weight is 245 g/mol. The van der Waals surface area contributed by atoms with E-state index in [1.54, 1.807) is 13.0 Å². The molecule has 1 rings (SSSR count). The minimum Gasteiger partial charge on any atom is -0.493 e. The lowest BCUT2D eigenvalue weighted by Gasteiger charge is -2.19. The minimum absolute atomic E-state index is 0.104. The first-order chi connectivity index (χ1) is 7.88. The molecule has 0 saturated heterocycles. The van der Waals surface area contributed by atoms with Gasteiger partial charge in [0.15, 0.2) is 0 Å². The molecule has 95 valence electrons. The predicted molar refractivity (Wildman–Crippen MR) is 61.0 cm³/mol. The zero-order valence-corrected chi connectivity index (χ0v) is 9.97. The van der Waals surface area contributed by atoms with Gasteiger partial charge in [-0.1, -0.05) is 26.0 Å². The SMILES string of the molecule is [CH2]C(C)c1cccc(OCCC)c1C(F)(F)F. The van der Waals surface area contributed by atoms with E-state index in [1.807, 2.05) is 6.92 Å². The summed E-state index contributed by atoms with van der Waals surface area (Å²) in [4.78, 5) is 0. The highest BCUT2D eigenvalue weighted by atomic mass is 19.4. The van der Waals surface area contributed by atoms with Gasteiger partial charge in [-0.25, -0.2) is 0 Å². The molecule has 0 amide bonds. The molecule has 1 atom stereocenters. The van der Waals surface area contributed by atoms with Crippen LogP contribution in [0.15, 0.2) is 18.2 Å². The second kappa shape index (κ2) is 5.43. The maximum absolute atomic E-state index is 13.0. The van der Waals surface area contributed by atoms with Crippen LogP contribution in [0.25, 0.3) is 0 Å². The Morgan fingerprint density at radius 1 is 1.35 bits per heavy atom. The molecule has 4 heteroatoms. The molecule has 0 aliphatic heterocycles. The van der Waals surface area contributed by atoms with Crippen molar-refractivity contribution in [2.75, 3.05) is 6.61 Å². The molecule has 1 aromatic rings. The van der Waals surface area contributed by atoms with Gasteiger partial charge in [0.1, 0.15) is 11.3 Å². The molecule has 0 saturated carbocycles. The molecule has 17 heavy (non-hydrogen) atoms. The summed E-state index contributed by atoms with van der Waals surface area (Å²) in [6.45, 7) is 7.41. The first kappa shape index (κ1) is 13.9. The monoisotopic (exact) mass is 245 g/mol. The first-order valence-electron chi connectivity index (χ1n) is 5.54. The maximum atomic E-state index is 13.0. The van der Waals surface area contributed by atoms with Gasteiger partial charge in [-0.2, -0.15) is 13.2 Å². The van der Waals surface area contributed by atoms with E-state index < -0.39 is 17.7 Å². The van der Waals surface area contributed by atoms with E-state index in [-0.39, 0.29) is 17.9 Å². The molecule has 1 radical (unpaired) electrons. The van der Waals surface area contributed by atoms with Crippen LogP contribution in [0.3, 0.4) is 0 Å². The molecule has 0 bridgehead atoms. The summed E-state index contributed by atoms with van der Waals surface area (Å²) in [5.41, 5.74) is -0.526. The van der Waals surface area contributed by atoms with Crippen molar-refractivity contribution in [1.29, 1.82) is 0 Å². The summed E-state index contributed by atoms with van der Waals surface area (Å²) in [5, 5.41) is 0. The van der Waals surface area contributed by atoms with Gasteiger partial charge in [0.05, 0.1) is 6.61 Å². The molecule has 0 N–H and O–H groups in total. The van der Waals surface area contributed by atoms with Crippen molar-refractivity contribution in [3.8, 4) is 5.75 Å². The highest BCUT2D eigenvalue weighted by Crippen LogP contribution is 2.41. The van der Waals surface area contributed by atoms with Crippen molar-refractivity contribution in [1.82, 2.24) is 0 Å². The van der Waals surface area contributed by atoms with E-state index in [0.717, 1.165) is 0 Å². The summed E-state index contributed by atoms with van der Waals surface area (Å²) in [6.07, 6.45) is -3.74. The van der Waals surface area contributed by atoms with E-state index >= 15 is 0 Å². The lowest BCUT2D eigenvalue weighted by atomic mass is 9.96. The Kier molecular flexibility index (Phi) is 4.43. The molecular weight excluding hydrogens is 229 g/mol. The average Bonchev–Trinajstić information content (AvgIpc) is 2.24. The van der Waals surface area contributed by atoms with E-state index in [0.29, 0.717) is 6.42 Å². The zero-order chi connectivity index (χ0) is 13.1.